The predicted octanol–water partition coefficient (Wildman–Crippen LogP) is 2.72. The van der Waals surface area contributed by atoms with Crippen LogP contribution in [0.2, 0.25) is 0 Å². The second kappa shape index (κ2) is 9.58. The Balaban J connectivity index is 0.00000242. The average molecular weight is 335 g/mol. The zero-order valence-corrected chi connectivity index (χ0v) is 13.0. The third kappa shape index (κ3) is 6.58. The Labute approximate surface area is 135 Å². The molecule has 1 aliphatic rings. The van der Waals surface area contributed by atoms with Gasteiger partial charge in [0.1, 0.15) is 5.75 Å². The standard InChI is InChI=1S/C15H20F2N2O2.ClH/c16-15(17)21-13-3-1-12(2-4-13)10-19-14(20)9-11-5-7-18-8-6-11;/h1-4,11,15,18H,5-10H2,(H,19,20);1H. The molecule has 2 N–H and O–H groups in total. The monoisotopic (exact) mass is 334 g/mol. The minimum Gasteiger partial charge on any atom is -0.435 e. The Hall–Kier alpha value is -1.40. The molecular formula is C15H21ClF2N2O2. The lowest BCUT2D eigenvalue weighted by Gasteiger charge is -2.21. The van der Waals surface area contributed by atoms with Crippen molar-refractivity contribution in [3.8, 4) is 5.75 Å². The number of alkyl halides is 2. The number of hydrogen-bond acceptors (Lipinski definition) is 3. The molecule has 0 radical (unpaired) electrons. The molecule has 7 heteroatoms. The van der Waals surface area contributed by atoms with Gasteiger partial charge >= 0.3 is 6.61 Å². The van der Waals surface area contributed by atoms with E-state index < -0.39 is 6.61 Å². The first-order chi connectivity index (χ1) is 10.1. The molecule has 124 valence electrons. The van der Waals surface area contributed by atoms with E-state index in [9.17, 15) is 13.6 Å². The van der Waals surface area contributed by atoms with Crippen molar-refractivity contribution in [1.29, 1.82) is 0 Å². The molecule has 1 aliphatic heterocycles. The van der Waals surface area contributed by atoms with Crippen LogP contribution in [-0.4, -0.2) is 25.6 Å². The number of amides is 1. The number of carbonyl (C=O) groups is 1. The Morgan fingerprint density at radius 3 is 2.50 bits per heavy atom. The molecule has 2 rings (SSSR count). The maximum absolute atomic E-state index is 12.0. The highest BCUT2D eigenvalue weighted by Crippen LogP contribution is 2.16. The molecule has 1 heterocycles. The van der Waals surface area contributed by atoms with Gasteiger partial charge in [0.05, 0.1) is 0 Å². The average Bonchev–Trinajstić information content (AvgIpc) is 2.47. The lowest BCUT2D eigenvalue weighted by molar-refractivity contribution is -0.122. The van der Waals surface area contributed by atoms with Gasteiger partial charge < -0.3 is 15.4 Å². The van der Waals surface area contributed by atoms with E-state index in [1.807, 2.05) is 0 Å². The van der Waals surface area contributed by atoms with E-state index in [0.29, 0.717) is 18.9 Å². The van der Waals surface area contributed by atoms with Crippen molar-refractivity contribution in [2.45, 2.75) is 32.4 Å². The van der Waals surface area contributed by atoms with Gasteiger partial charge in [0, 0.05) is 13.0 Å². The molecule has 0 saturated carbocycles. The third-order valence-corrected chi connectivity index (χ3v) is 3.57. The summed E-state index contributed by atoms with van der Waals surface area (Å²) in [5.41, 5.74) is 0.857. The summed E-state index contributed by atoms with van der Waals surface area (Å²) in [4.78, 5) is 11.8. The minimum atomic E-state index is -2.82. The number of halogens is 3. The van der Waals surface area contributed by atoms with Crippen LogP contribution in [0.15, 0.2) is 24.3 Å². The summed E-state index contributed by atoms with van der Waals surface area (Å²) in [6.07, 6.45) is 2.62. The number of nitrogens with one attached hydrogen (secondary N) is 2. The summed E-state index contributed by atoms with van der Waals surface area (Å²) in [6.45, 7) is -0.466. The van der Waals surface area contributed by atoms with Gasteiger partial charge in [-0.25, -0.2) is 0 Å². The summed E-state index contributed by atoms with van der Waals surface area (Å²) < 4.78 is 28.3. The first-order valence-electron chi connectivity index (χ1n) is 7.14. The molecule has 0 aliphatic carbocycles. The quantitative estimate of drug-likeness (QED) is 0.841. The van der Waals surface area contributed by atoms with Crippen molar-refractivity contribution in [2.24, 2.45) is 5.92 Å². The second-order valence-electron chi connectivity index (χ2n) is 5.20. The molecule has 1 fully saturated rings. The van der Waals surface area contributed by atoms with Gasteiger partial charge in [-0.2, -0.15) is 8.78 Å². The van der Waals surface area contributed by atoms with Crippen LogP contribution in [-0.2, 0) is 11.3 Å². The van der Waals surface area contributed by atoms with Crippen LogP contribution in [0.1, 0.15) is 24.8 Å². The van der Waals surface area contributed by atoms with Crippen LogP contribution in [0, 0.1) is 5.92 Å². The first kappa shape index (κ1) is 18.6. The van der Waals surface area contributed by atoms with E-state index in [1.54, 1.807) is 12.1 Å². The molecule has 0 atom stereocenters. The van der Waals surface area contributed by atoms with Gasteiger partial charge in [0.25, 0.3) is 0 Å². The summed E-state index contributed by atoms with van der Waals surface area (Å²) in [5.74, 6) is 0.609. The highest BCUT2D eigenvalue weighted by Gasteiger charge is 2.16. The Morgan fingerprint density at radius 2 is 1.91 bits per heavy atom. The van der Waals surface area contributed by atoms with Gasteiger partial charge in [0.2, 0.25) is 5.91 Å². The van der Waals surface area contributed by atoms with E-state index in [0.717, 1.165) is 31.5 Å². The molecule has 0 spiro atoms. The number of rotatable bonds is 6. The fraction of sp³-hybridized carbons (Fsp3) is 0.533. The topological polar surface area (TPSA) is 50.4 Å². The van der Waals surface area contributed by atoms with E-state index >= 15 is 0 Å². The van der Waals surface area contributed by atoms with Crippen molar-refractivity contribution >= 4 is 18.3 Å². The molecule has 0 aromatic heterocycles. The van der Waals surface area contributed by atoms with Crippen molar-refractivity contribution in [1.82, 2.24) is 10.6 Å². The fourth-order valence-corrected chi connectivity index (χ4v) is 2.41. The van der Waals surface area contributed by atoms with Gasteiger partial charge in [-0.1, -0.05) is 12.1 Å². The number of hydrogen-bond donors (Lipinski definition) is 2. The van der Waals surface area contributed by atoms with Crippen LogP contribution in [0.25, 0.3) is 0 Å². The molecule has 1 amide bonds. The maximum atomic E-state index is 12.0. The Bertz CT molecular complexity index is 451. The molecule has 0 bridgehead atoms. The minimum absolute atomic E-state index is 0. The van der Waals surface area contributed by atoms with Crippen molar-refractivity contribution in [2.75, 3.05) is 13.1 Å². The zero-order valence-electron chi connectivity index (χ0n) is 12.2. The molecule has 1 aromatic carbocycles. The van der Waals surface area contributed by atoms with Crippen molar-refractivity contribution in [3.63, 3.8) is 0 Å². The van der Waals surface area contributed by atoms with Crippen molar-refractivity contribution in [3.05, 3.63) is 29.8 Å². The summed E-state index contributed by atoms with van der Waals surface area (Å²) >= 11 is 0. The molecule has 4 nitrogen and oxygen atoms in total. The lowest BCUT2D eigenvalue weighted by atomic mass is 9.94. The maximum Gasteiger partial charge on any atom is 0.387 e. The molecule has 1 aromatic rings. The van der Waals surface area contributed by atoms with Crippen LogP contribution in [0.3, 0.4) is 0 Å². The van der Waals surface area contributed by atoms with Crippen molar-refractivity contribution < 1.29 is 18.3 Å². The van der Waals surface area contributed by atoms with Gasteiger partial charge in [-0.05, 0) is 49.5 Å². The number of benzene rings is 1. The van der Waals surface area contributed by atoms with E-state index in [-0.39, 0.29) is 24.1 Å². The first-order valence-corrected chi connectivity index (χ1v) is 7.14. The Kier molecular flexibility index (Phi) is 8.12. The Morgan fingerprint density at radius 1 is 1.27 bits per heavy atom. The lowest BCUT2D eigenvalue weighted by Crippen LogP contribution is -2.32. The predicted molar refractivity (Wildman–Crippen MR) is 82.4 cm³/mol. The molecule has 1 saturated heterocycles. The van der Waals surface area contributed by atoms with E-state index in [4.69, 9.17) is 0 Å². The largest absolute Gasteiger partial charge is 0.435 e. The fourth-order valence-electron chi connectivity index (χ4n) is 2.41. The highest BCUT2D eigenvalue weighted by molar-refractivity contribution is 5.85. The van der Waals surface area contributed by atoms with Crippen LogP contribution in [0.4, 0.5) is 8.78 Å². The van der Waals surface area contributed by atoms with Gasteiger partial charge in [0.15, 0.2) is 0 Å². The normalized spacial score (nSPS) is 15.2. The van der Waals surface area contributed by atoms with Gasteiger partial charge in [-0.15, -0.1) is 12.4 Å². The number of carbonyl (C=O) groups excluding carboxylic acids is 1. The van der Waals surface area contributed by atoms with E-state index in [2.05, 4.69) is 15.4 Å². The molecule has 0 unspecified atom stereocenters. The zero-order chi connectivity index (χ0) is 15.1. The molecule has 22 heavy (non-hydrogen) atoms. The van der Waals surface area contributed by atoms with E-state index in [1.165, 1.54) is 12.1 Å². The SMILES string of the molecule is Cl.O=C(CC1CCNCC1)NCc1ccc(OC(F)F)cc1. The van der Waals surface area contributed by atoms with Gasteiger partial charge in [-0.3, -0.25) is 4.79 Å². The summed E-state index contributed by atoms with van der Waals surface area (Å²) in [6, 6.07) is 6.28. The third-order valence-electron chi connectivity index (χ3n) is 3.57. The second-order valence-corrected chi connectivity index (χ2v) is 5.20. The van der Waals surface area contributed by atoms with Crippen LogP contribution < -0.4 is 15.4 Å². The number of piperidine rings is 1. The van der Waals surface area contributed by atoms with Crippen LogP contribution in [0.5, 0.6) is 5.75 Å². The molecular weight excluding hydrogens is 314 g/mol. The summed E-state index contributed by atoms with van der Waals surface area (Å²) in [7, 11) is 0. The number of ether oxygens (including phenoxy) is 1. The summed E-state index contributed by atoms with van der Waals surface area (Å²) in [5, 5.41) is 6.13. The smallest absolute Gasteiger partial charge is 0.387 e. The highest BCUT2D eigenvalue weighted by atomic mass is 35.5. The van der Waals surface area contributed by atoms with Crippen LogP contribution >= 0.6 is 12.4 Å².